The van der Waals surface area contributed by atoms with Crippen molar-refractivity contribution in [1.82, 2.24) is 9.78 Å². The number of hydrogen-bond donors (Lipinski definition) is 3. The van der Waals surface area contributed by atoms with E-state index in [-0.39, 0.29) is 86.9 Å². The molecule has 0 aliphatic heterocycles. The van der Waals surface area contributed by atoms with Crippen LogP contribution in [0.4, 0.5) is 0 Å². The molecule has 9 heteroatoms. The summed E-state index contributed by atoms with van der Waals surface area (Å²) in [6.07, 6.45) is 26.9. The molecule has 10 aliphatic rings. The minimum atomic E-state index is -0.543. The number of aliphatic hydroxyl groups excluding tert-OH is 3. The van der Waals surface area contributed by atoms with E-state index in [2.05, 4.69) is 102 Å². The molecule has 0 bridgehead atoms. The molecule has 3 N–H and O–H groups in total. The molecule has 0 radical (unpaired) electrons. The summed E-state index contributed by atoms with van der Waals surface area (Å²) in [4.78, 5) is 29.8. The van der Waals surface area contributed by atoms with Gasteiger partial charge in [0.05, 0.1) is 42.4 Å². The monoisotopic (exact) mass is 1050 g/mol. The van der Waals surface area contributed by atoms with Gasteiger partial charge in [-0.2, -0.15) is 5.10 Å². The number of fused-ring (bicyclic) bond motifs is 14. The van der Waals surface area contributed by atoms with Crippen LogP contribution in [0.2, 0.25) is 0 Å². The summed E-state index contributed by atoms with van der Waals surface area (Å²) in [6, 6.07) is 0. The minimum absolute atomic E-state index is 0.0143. The molecule has 1 aromatic heterocycles. The van der Waals surface area contributed by atoms with Crippen LogP contribution in [-0.4, -0.2) is 62.5 Å². The molecule has 0 amide bonds. The lowest BCUT2D eigenvalue weighted by molar-refractivity contribution is -0.218. The van der Waals surface area contributed by atoms with Gasteiger partial charge in [0.15, 0.2) is 0 Å². The molecule has 21 atom stereocenters. The van der Waals surface area contributed by atoms with Gasteiger partial charge in [0.2, 0.25) is 0 Å². The van der Waals surface area contributed by atoms with Crippen molar-refractivity contribution >= 4 is 11.9 Å². The minimum Gasteiger partial charge on any atom is -0.465 e. The number of esters is 2. The lowest BCUT2D eigenvalue weighted by Gasteiger charge is -2.71. The van der Waals surface area contributed by atoms with Crippen molar-refractivity contribution < 1.29 is 34.4 Å². The Bertz CT molecular complexity index is 2490. The topological polar surface area (TPSA) is 131 Å². The number of carbonyl (C=O) groups is 2. The molecule has 8 saturated carbocycles. The van der Waals surface area contributed by atoms with Gasteiger partial charge < -0.3 is 24.8 Å². The van der Waals surface area contributed by atoms with Gasteiger partial charge in [0.25, 0.3) is 0 Å². The summed E-state index contributed by atoms with van der Waals surface area (Å²) >= 11 is 0. The number of aliphatic hydroxyl groups is 3. The van der Waals surface area contributed by atoms with Crippen molar-refractivity contribution in [2.24, 2.45) is 113 Å². The first-order valence-corrected chi connectivity index (χ1v) is 31.4. The number of aryl methyl sites for hydroxylation is 1. The van der Waals surface area contributed by atoms with Gasteiger partial charge in [0.1, 0.15) is 6.61 Å². The predicted molar refractivity (Wildman–Crippen MR) is 299 cm³/mol. The first-order valence-electron chi connectivity index (χ1n) is 31.4. The molecular weight excluding hydrogens is 945 g/mol. The van der Waals surface area contributed by atoms with Crippen LogP contribution < -0.4 is 0 Å². The zero-order valence-corrected chi connectivity index (χ0v) is 49.9. The van der Waals surface area contributed by atoms with E-state index in [0.29, 0.717) is 61.0 Å². The van der Waals surface area contributed by atoms with Crippen LogP contribution in [0.3, 0.4) is 0 Å². The highest BCUT2D eigenvalue weighted by molar-refractivity contribution is 5.79. The Morgan fingerprint density at radius 3 is 1.64 bits per heavy atom. The van der Waals surface area contributed by atoms with E-state index in [9.17, 15) is 24.9 Å². The fourth-order valence-electron chi connectivity index (χ4n) is 23.1. The number of allylic oxidation sites excluding steroid dienone is 4. The van der Waals surface area contributed by atoms with Gasteiger partial charge in [-0.05, 0) is 213 Å². The molecule has 0 saturated heterocycles. The Balaban J connectivity index is 0.741. The molecule has 424 valence electrons. The molecule has 11 rings (SSSR count). The Kier molecular flexibility index (Phi) is 13.5. The van der Waals surface area contributed by atoms with Crippen LogP contribution in [0.5, 0.6) is 0 Å². The number of carbonyl (C=O) groups excluding carboxylic acids is 2. The zero-order valence-electron chi connectivity index (χ0n) is 49.9. The summed E-state index contributed by atoms with van der Waals surface area (Å²) in [5.74, 6) is 3.98. The first-order chi connectivity index (χ1) is 35.7. The maximum absolute atomic E-state index is 14.9. The van der Waals surface area contributed by atoms with Gasteiger partial charge in [-0.3, -0.25) is 14.3 Å². The number of hydrogen-bond acceptors (Lipinski definition) is 8. The average molecular weight is 1050 g/mol. The zero-order chi connectivity index (χ0) is 54.6. The number of aromatic nitrogens is 2. The number of rotatable bonds is 9. The van der Waals surface area contributed by atoms with E-state index in [0.717, 1.165) is 108 Å². The van der Waals surface area contributed by atoms with Gasteiger partial charge in [-0.1, -0.05) is 113 Å². The second-order valence-electron chi connectivity index (χ2n) is 31.4. The van der Waals surface area contributed by atoms with Gasteiger partial charge in [-0.15, -0.1) is 0 Å². The summed E-state index contributed by atoms with van der Waals surface area (Å²) < 4.78 is 14.8. The van der Waals surface area contributed by atoms with Crippen molar-refractivity contribution in [3.63, 3.8) is 0 Å². The third kappa shape index (κ3) is 7.38. The van der Waals surface area contributed by atoms with Gasteiger partial charge >= 0.3 is 11.9 Å². The lowest BCUT2D eigenvalue weighted by Crippen LogP contribution is -2.66. The van der Waals surface area contributed by atoms with Gasteiger partial charge in [0, 0.05) is 30.1 Å². The van der Waals surface area contributed by atoms with Gasteiger partial charge in [-0.25, -0.2) is 0 Å². The van der Waals surface area contributed by atoms with Crippen molar-refractivity contribution in [1.29, 1.82) is 0 Å². The molecule has 8 fully saturated rings. The summed E-state index contributed by atoms with van der Waals surface area (Å²) in [5.41, 5.74) is 2.83. The van der Waals surface area contributed by atoms with Crippen molar-refractivity contribution in [2.75, 3.05) is 13.2 Å². The molecule has 10 aliphatic carbocycles. The van der Waals surface area contributed by atoms with Crippen LogP contribution >= 0.6 is 0 Å². The number of nitrogens with zero attached hydrogens (tertiary/aromatic N) is 2. The third-order valence-electron chi connectivity index (χ3n) is 28.7. The van der Waals surface area contributed by atoms with Crippen molar-refractivity contribution in [2.45, 2.75) is 237 Å². The quantitative estimate of drug-likeness (QED) is 0.127. The molecule has 0 aromatic carbocycles. The highest BCUT2D eigenvalue weighted by Gasteiger charge is 2.72. The Morgan fingerprint density at radius 2 is 1.11 bits per heavy atom. The highest BCUT2D eigenvalue weighted by Crippen LogP contribution is 2.78. The van der Waals surface area contributed by atoms with Crippen molar-refractivity contribution in [3.05, 3.63) is 41.3 Å². The van der Waals surface area contributed by atoms with E-state index < -0.39 is 22.3 Å². The standard InChI is InChI=1S/C67H104N2O7/c1-41-19-29-66(33-31-62(10)46(54(66)43(41)3)15-17-50-59(7)25-23-52(71)58(5,6)48(59)21-27-64(50,62)12)56(73)75-36-14-35-69-38-45(37-68-69)39-76-57(74)67-30-20-42(2)44(4)55(67)47-16-18-51-60(8)26-24-53(72)61(9,40-70)49(60)22-28-65(51,13)63(47,11)32-34-67/h15-16,37-38,41-44,48-55,70-72H,14,17-36,39-40H2,1-13H3/t41-,42-,43+,44+,48+,49-,50-,51-,52+,53+,54+,55-,59+,60+,61-,62-,63-,64-,65+,66+,67+/m1/s1. The summed E-state index contributed by atoms with van der Waals surface area (Å²) in [6.45, 7) is 33.1. The van der Waals surface area contributed by atoms with Crippen LogP contribution in [0, 0.1) is 113 Å². The summed E-state index contributed by atoms with van der Waals surface area (Å²) in [5, 5.41) is 37.9. The SMILES string of the molecule is C[C@H]1[C@H](C)CC[C@]2(C(=O)OCCCn3cc(COC(=O)[C@]45CC[C@@H](C)[C@H](C)[C@@H]4C4=CC[C@@H]6[C@@]7(C)CC[C@H](O)[C@](C)(CO)[C@@H]7CC[C@]6(C)[C@]4(C)CC5)cn3)CC[C@]3(C)C(=CC[C@@H]4[C@@]5(C)CC[C@H](O)C(C)(C)[C@@H]5CC[C@]43C)[C@H]12. The van der Waals surface area contributed by atoms with E-state index in [1.807, 2.05) is 17.1 Å². The predicted octanol–water partition coefficient (Wildman–Crippen LogP) is 13.9. The second kappa shape index (κ2) is 18.5. The first kappa shape index (κ1) is 55.4. The Morgan fingerprint density at radius 1 is 0.605 bits per heavy atom. The summed E-state index contributed by atoms with van der Waals surface area (Å²) in [7, 11) is 0. The largest absolute Gasteiger partial charge is 0.465 e. The normalized spacial score (nSPS) is 51.1. The van der Waals surface area contributed by atoms with E-state index in [1.54, 1.807) is 5.57 Å². The molecule has 1 aromatic rings. The van der Waals surface area contributed by atoms with Crippen LogP contribution in [0.15, 0.2) is 35.7 Å². The van der Waals surface area contributed by atoms with Crippen LogP contribution in [0.1, 0.15) is 218 Å². The Hall–Kier alpha value is -2.49. The molecule has 0 unspecified atom stereocenters. The van der Waals surface area contributed by atoms with Crippen LogP contribution in [0.25, 0.3) is 0 Å². The van der Waals surface area contributed by atoms with E-state index in [4.69, 9.17) is 14.6 Å². The highest BCUT2D eigenvalue weighted by atomic mass is 16.5. The molecule has 76 heavy (non-hydrogen) atoms. The third-order valence-corrected chi connectivity index (χ3v) is 28.7. The fourth-order valence-corrected chi connectivity index (χ4v) is 23.1. The lowest BCUT2D eigenvalue weighted by atomic mass is 9.33. The maximum atomic E-state index is 14.9. The smallest absolute Gasteiger partial charge is 0.313 e. The molecule has 9 nitrogen and oxygen atoms in total. The second-order valence-corrected chi connectivity index (χ2v) is 31.4. The maximum Gasteiger partial charge on any atom is 0.313 e. The Labute approximate surface area is 459 Å². The fraction of sp³-hybridized carbons (Fsp3) is 0.866. The van der Waals surface area contributed by atoms with Crippen molar-refractivity contribution in [3.8, 4) is 0 Å². The van der Waals surface area contributed by atoms with E-state index >= 15 is 0 Å². The average Bonchev–Trinajstić information content (AvgIpc) is 4.00. The molecular formula is C67H104N2O7. The van der Waals surface area contributed by atoms with E-state index in [1.165, 1.54) is 18.4 Å². The molecule has 1 heterocycles. The van der Waals surface area contributed by atoms with Crippen LogP contribution in [-0.2, 0) is 32.2 Å². The molecule has 0 spiro atoms. The number of ether oxygens (including phenoxy) is 2.